The van der Waals surface area contributed by atoms with Crippen molar-refractivity contribution in [3.63, 3.8) is 0 Å². The Hall–Kier alpha value is -2.45. The second-order valence-electron chi connectivity index (χ2n) is 8.48. The largest absolute Gasteiger partial charge is 0.396 e. The molecule has 0 unspecified atom stereocenters. The van der Waals surface area contributed by atoms with Crippen molar-refractivity contribution in [2.45, 2.75) is 24.3 Å². The number of likely N-dealkylation sites (N-methyl/N-ethyl adjacent to an activating group) is 1. The first-order chi connectivity index (χ1) is 14.7. The van der Waals surface area contributed by atoms with Crippen LogP contribution < -0.4 is 0 Å². The highest BCUT2D eigenvalue weighted by Gasteiger charge is 2.33. The molecule has 164 valence electrons. The number of hydrogen-bond donors (Lipinski definition) is 2. The van der Waals surface area contributed by atoms with Gasteiger partial charge in [-0.2, -0.15) is 8.42 Å². The molecule has 0 saturated heterocycles. The van der Waals surface area contributed by atoms with Crippen LogP contribution in [-0.2, 0) is 23.6 Å². The minimum absolute atomic E-state index is 0.0666. The normalized spacial score (nSPS) is 20.6. The smallest absolute Gasteiger partial charge is 0.294 e. The van der Waals surface area contributed by atoms with Crippen LogP contribution in [-0.4, -0.2) is 53.8 Å². The molecule has 0 amide bonds. The van der Waals surface area contributed by atoms with Gasteiger partial charge in [0.2, 0.25) is 0 Å². The van der Waals surface area contributed by atoms with E-state index in [-0.39, 0.29) is 17.4 Å². The van der Waals surface area contributed by atoms with E-state index in [1.54, 1.807) is 12.1 Å². The summed E-state index contributed by atoms with van der Waals surface area (Å²) in [5.74, 6) is 0.256. The lowest BCUT2D eigenvalue weighted by atomic mass is 9.80. The highest BCUT2D eigenvalue weighted by atomic mass is 32.2. The van der Waals surface area contributed by atoms with Crippen molar-refractivity contribution >= 4 is 26.6 Å². The number of fused-ring (bicyclic) bond motifs is 2. The number of rotatable bonds is 2. The maximum absolute atomic E-state index is 10.5. The van der Waals surface area contributed by atoms with Gasteiger partial charge in [0, 0.05) is 42.7 Å². The topological polar surface area (TPSA) is 82.8 Å². The SMILES string of the molecule is CN1C[C@H](CO)C=C2c3cccc4c3c(cn4C)C[C@H]21.Cc1ccc(S(=O)(=O)O)cc1. The monoisotopic (exact) mass is 440 g/mol. The predicted molar refractivity (Wildman–Crippen MR) is 123 cm³/mol. The van der Waals surface area contributed by atoms with E-state index >= 15 is 0 Å². The van der Waals surface area contributed by atoms with Gasteiger partial charge in [-0.05, 0) is 55.3 Å². The van der Waals surface area contributed by atoms with Gasteiger partial charge in [-0.3, -0.25) is 9.45 Å². The number of aliphatic hydroxyl groups is 1. The molecule has 1 aliphatic carbocycles. The summed E-state index contributed by atoms with van der Waals surface area (Å²) < 4.78 is 31.8. The van der Waals surface area contributed by atoms with Crippen LogP contribution in [0.15, 0.2) is 59.6 Å². The van der Waals surface area contributed by atoms with Gasteiger partial charge in [-0.15, -0.1) is 0 Å². The van der Waals surface area contributed by atoms with Crippen molar-refractivity contribution in [3.05, 3.63) is 71.4 Å². The summed E-state index contributed by atoms with van der Waals surface area (Å²) in [6.07, 6.45) is 5.65. The minimum atomic E-state index is -4.02. The second kappa shape index (κ2) is 8.24. The molecule has 7 heteroatoms. The Kier molecular flexibility index (Phi) is 5.79. The third-order valence-electron chi connectivity index (χ3n) is 6.20. The zero-order valence-corrected chi connectivity index (χ0v) is 18.8. The van der Waals surface area contributed by atoms with Crippen molar-refractivity contribution in [2.75, 3.05) is 20.2 Å². The fourth-order valence-corrected chi connectivity index (χ4v) is 5.13. The number of aliphatic hydroxyl groups excluding tert-OH is 1. The molecule has 0 radical (unpaired) electrons. The van der Waals surface area contributed by atoms with Crippen LogP contribution >= 0.6 is 0 Å². The van der Waals surface area contributed by atoms with Gasteiger partial charge in [0.15, 0.2) is 0 Å². The Labute approximate surface area is 183 Å². The molecule has 1 aromatic heterocycles. The zero-order valence-electron chi connectivity index (χ0n) is 18.0. The lowest BCUT2D eigenvalue weighted by Gasteiger charge is -2.39. The van der Waals surface area contributed by atoms with E-state index in [2.05, 4.69) is 54.0 Å². The molecule has 5 rings (SSSR count). The maximum Gasteiger partial charge on any atom is 0.294 e. The molecule has 0 spiro atoms. The van der Waals surface area contributed by atoms with Crippen LogP contribution in [0.1, 0.15) is 16.7 Å². The van der Waals surface area contributed by atoms with E-state index in [0.29, 0.717) is 6.04 Å². The van der Waals surface area contributed by atoms with Crippen molar-refractivity contribution in [2.24, 2.45) is 13.0 Å². The molecule has 3 aromatic rings. The molecule has 2 N–H and O–H groups in total. The highest BCUT2D eigenvalue weighted by Crippen LogP contribution is 2.41. The number of nitrogens with zero attached hydrogens (tertiary/aromatic N) is 2. The van der Waals surface area contributed by atoms with Crippen LogP contribution in [0, 0.1) is 12.8 Å². The molecule has 31 heavy (non-hydrogen) atoms. The fraction of sp³-hybridized carbons (Fsp3) is 0.333. The lowest BCUT2D eigenvalue weighted by molar-refractivity contribution is 0.181. The standard InChI is InChI=1S/C17H20N2O.C7H8O3S/c1-18-8-11(10-20)6-14-13-4-3-5-15-17(13)12(7-16(14)18)9-19(15)2;1-6-2-4-7(5-3-6)11(8,9)10/h3-6,9,11,16,20H,7-8,10H2,1-2H3;2-5H,1H3,(H,8,9,10)/t11-,16-;/m1./s1. The molecule has 2 heterocycles. The molecule has 0 bridgehead atoms. The third-order valence-corrected chi connectivity index (χ3v) is 7.07. The Morgan fingerprint density at radius 2 is 1.81 bits per heavy atom. The van der Waals surface area contributed by atoms with Gasteiger partial charge in [0.25, 0.3) is 10.1 Å². The van der Waals surface area contributed by atoms with Crippen molar-refractivity contribution in [3.8, 4) is 0 Å². The molecule has 6 nitrogen and oxygen atoms in total. The summed E-state index contributed by atoms with van der Waals surface area (Å²) in [6.45, 7) is 3.02. The van der Waals surface area contributed by atoms with Gasteiger partial charge in [-0.1, -0.05) is 35.9 Å². The Bertz CT molecular complexity index is 1240. The lowest BCUT2D eigenvalue weighted by Crippen LogP contribution is -2.43. The van der Waals surface area contributed by atoms with Crippen LogP contribution in [0.25, 0.3) is 16.5 Å². The Morgan fingerprint density at radius 3 is 2.45 bits per heavy atom. The summed E-state index contributed by atoms with van der Waals surface area (Å²) in [5, 5.41) is 10.9. The third kappa shape index (κ3) is 4.19. The quantitative estimate of drug-likeness (QED) is 0.598. The zero-order chi connectivity index (χ0) is 22.3. The maximum atomic E-state index is 10.5. The van der Waals surface area contributed by atoms with Crippen LogP contribution in [0.4, 0.5) is 0 Å². The van der Waals surface area contributed by atoms with Gasteiger partial charge in [0.1, 0.15) is 0 Å². The van der Waals surface area contributed by atoms with E-state index in [4.69, 9.17) is 4.55 Å². The molecule has 0 fully saturated rings. The average molecular weight is 441 g/mol. The van der Waals surface area contributed by atoms with E-state index in [0.717, 1.165) is 18.5 Å². The van der Waals surface area contributed by atoms with Crippen molar-refractivity contribution in [1.29, 1.82) is 0 Å². The fourth-order valence-electron chi connectivity index (χ4n) is 4.65. The van der Waals surface area contributed by atoms with Gasteiger partial charge >= 0.3 is 0 Å². The van der Waals surface area contributed by atoms with E-state index in [1.165, 1.54) is 39.7 Å². The van der Waals surface area contributed by atoms with Crippen LogP contribution in [0.2, 0.25) is 0 Å². The minimum Gasteiger partial charge on any atom is -0.396 e. The summed E-state index contributed by atoms with van der Waals surface area (Å²) >= 11 is 0. The molecule has 2 aromatic carbocycles. The van der Waals surface area contributed by atoms with E-state index in [1.807, 2.05) is 6.92 Å². The first-order valence-electron chi connectivity index (χ1n) is 10.3. The molecular formula is C24H28N2O4S. The van der Waals surface area contributed by atoms with Gasteiger partial charge in [-0.25, -0.2) is 0 Å². The predicted octanol–water partition coefficient (Wildman–Crippen LogP) is 3.28. The van der Waals surface area contributed by atoms with E-state index < -0.39 is 10.1 Å². The summed E-state index contributed by atoms with van der Waals surface area (Å²) in [6, 6.07) is 13.0. The molecular weight excluding hydrogens is 412 g/mol. The van der Waals surface area contributed by atoms with Crippen molar-refractivity contribution in [1.82, 2.24) is 9.47 Å². The molecule has 2 atom stereocenters. The number of hydrogen-bond acceptors (Lipinski definition) is 4. The molecule has 0 saturated carbocycles. The number of benzene rings is 2. The highest BCUT2D eigenvalue weighted by molar-refractivity contribution is 7.85. The number of aromatic nitrogens is 1. The Balaban J connectivity index is 0.000000180. The van der Waals surface area contributed by atoms with Crippen LogP contribution in [0.5, 0.6) is 0 Å². The van der Waals surface area contributed by atoms with Crippen molar-refractivity contribution < 1.29 is 18.1 Å². The molecule has 1 aliphatic heterocycles. The summed E-state index contributed by atoms with van der Waals surface area (Å²) in [7, 11) is 0.280. The first kappa shape index (κ1) is 21.8. The second-order valence-corrected chi connectivity index (χ2v) is 9.90. The number of aryl methyl sites for hydroxylation is 2. The first-order valence-corrected chi connectivity index (χ1v) is 11.8. The van der Waals surface area contributed by atoms with Gasteiger partial charge in [0.05, 0.1) is 11.5 Å². The Morgan fingerprint density at radius 1 is 1.10 bits per heavy atom. The van der Waals surface area contributed by atoms with Crippen LogP contribution in [0.3, 0.4) is 0 Å². The van der Waals surface area contributed by atoms with E-state index in [9.17, 15) is 13.5 Å². The summed E-state index contributed by atoms with van der Waals surface area (Å²) in [5.41, 5.74) is 6.49. The average Bonchev–Trinajstić information content (AvgIpc) is 3.05. The molecule has 2 aliphatic rings. The summed E-state index contributed by atoms with van der Waals surface area (Å²) in [4.78, 5) is 2.33. The van der Waals surface area contributed by atoms with Gasteiger partial charge < -0.3 is 9.67 Å².